The van der Waals surface area contributed by atoms with E-state index < -0.39 is 0 Å². The summed E-state index contributed by atoms with van der Waals surface area (Å²) >= 11 is 0. The normalized spacial score (nSPS) is 31.9. The summed E-state index contributed by atoms with van der Waals surface area (Å²) in [5.41, 5.74) is 1.26. The molecule has 0 aliphatic heterocycles. The molecule has 1 fully saturated rings. The van der Waals surface area contributed by atoms with Crippen molar-refractivity contribution in [2.24, 2.45) is 11.8 Å². The number of hydrogen-bond acceptors (Lipinski definition) is 2. The summed E-state index contributed by atoms with van der Waals surface area (Å²) in [5, 5.41) is 10.3. The third-order valence-electron chi connectivity index (χ3n) is 4.68. The van der Waals surface area contributed by atoms with Crippen molar-refractivity contribution in [3.8, 4) is 5.75 Å². The van der Waals surface area contributed by atoms with E-state index in [0.29, 0.717) is 17.8 Å². The lowest BCUT2D eigenvalue weighted by molar-refractivity contribution is -0.0393. The van der Waals surface area contributed by atoms with Gasteiger partial charge in [0.05, 0.1) is 6.10 Å². The van der Waals surface area contributed by atoms with E-state index in [0.717, 1.165) is 25.0 Å². The largest absolute Gasteiger partial charge is 0.487 e. The van der Waals surface area contributed by atoms with Crippen LogP contribution >= 0.6 is 0 Å². The van der Waals surface area contributed by atoms with E-state index in [-0.39, 0.29) is 12.2 Å². The van der Waals surface area contributed by atoms with Crippen LogP contribution in [0.5, 0.6) is 5.75 Å². The summed E-state index contributed by atoms with van der Waals surface area (Å²) in [7, 11) is 0. The van der Waals surface area contributed by atoms with Gasteiger partial charge in [0.25, 0.3) is 0 Å². The molecule has 0 radical (unpaired) electrons. The Morgan fingerprint density at radius 3 is 2.60 bits per heavy atom. The summed E-state index contributed by atoms with van der Waals surface area (Å²) in [6.45, 7) is 8.82. The van der Waals surface area contributed by atoms with E-state index in [1.165, 1.54) is 5.56 Å². The van der Waals surface area contributed by atoms with Gasteiger partial charge in [-0.1, -0.05) is 45.9 Å². The minimum Gasteiger partial charge on any atom is -0.487 e. The first-order chi connectivity index (χ1) is 9.52. The van der Waals surface area contributed by atoms with Crippen LogP contribution in [-0.4, -0.2) is 17.3 Å². The van der Waals surface area contributed by atoms with Crippen LogP contribution < -0.4 is 4.74 Å². The zero-order valence-electron chi connectivity index (χ0n) is 13.2. The molecule has 1 aliphatic carbocycles. The van der Waals surface area contributed by atoms with Crippen molar-refractivity contribution in [1.82, 2.24) is 0 Å². The van der Waals surface area contributed by atoms with Crippen LogP contribution in [0.25, 0.3) is 0 Å². The van der Waals surface area contributed by atoms with Crippen LogP contribution in [-0.2, 0) is 0 Å². The maximum atomic E-state index is 10.3. The highest BCUT2D eigenvalue weighted by atomic mass is 16.5. The van der Waals surface area contributed by atoms with E-state index in [9.17, 15) is 5.11 Å². The first-order valence-corrected chi connectivity index (χ1v) is 7.96. The lowest BCUT2D eigenvalue weighted by Gasteiger charge is -2.37. The molecule has 112 valence electrons. The molecule has 1 N–H and O–H groups in total. The predicted molar refractivity (Wildman–Crippen MR) is 83.1 cm³/mol. The number of benzene rings is 1. The van der Waals surface area contributed by atoms with Crippen LogP contribution in [0.1, 0.15) is 58.4 Å². The molecule has 0 amide bonds. The van der Waals surface area contributed by atoms with Crippen molar-refractivity contribution in [2.75, 3.05) is 0 Å². The number of ether oxygens (including phenoxy) is 1. The SMILES string of the molecule is CCC(C)c1ccccc1OC1C(C)CC(C)CC1O. The Balaban J connectivity index is 2.17. The van der Waals surface area contributed by atoms with E-state index in [4.69, 9.17) is 4.74 Å². The zero-order valence-corrected chi connectivity index (χ0v) is 13.2. The lowest BCUT2D eigenvalue weighted by Crippen LogP contribution is -2.43. The third-order valence-corrected chi connectivity index (χ3v) is 4.68. The molecule has 0 heterocycles. The van der Waals surface area contributed by atoms with E-state index in [1.807, 2.05) is 12.1 Å². The Kier molecular flexibility index (Phi) is 5.09. The molecular weight excluding hydrogens is 248 g/mol. The second kappa shape index (κ2) is 6.62. The van der Waals surface area contributed by atoms with E-state index >= 15 is 0 Å². The molecule has 0 aromatic heterocycles. The molecule has 5 atom stereocenters. The number of aliphatic hydroxyl groups is 1. The smallest absolute Gasteiger partial charge is 0.127 e. The molecule has 1 aromatic rings. The second-order valence-electron chi connectivity index (χ2n) is 6.55. The molecule has 0 saturated heterocycles. The van der Waals surface area contributed by atoms with Crippen LogP contribution in [0.2, 0.25) is 0 Å². The van der Waals surface area contributed by atoms with Crippen LogP contribution in [0.3, 0.4) is 0 Å². The Bertz CT molecular complexity index is 417. The average Bonchev–Trinajstić information content (AvgIpc) is 2.42. The standard InChI is InChI=1S/C18H28O2/c1-5-13(3)15-8-6-7-9-17(15)20-18-14(4)10-12(2)11-16(18)19/h6-9,12-14,16,18-19H,5,10-11H2,1-4H3. The molecule has 2 nitrogen and oxygen atoms in total. The quantitative estimate of drug-likeness (QED) is 0.884. The first kappa shape index (κ1) is 15.4. The second-order valence-corrected chi connectivity index (χ2v) is 6.55. The molecule has 0 bridgehead atoms. The molecule has 2 heteroatoms. The molecule has 0 spiro atoms. The van der Waals surface area contributed by atoms with Gasteiger partial charge in [-0.25, -0.2) is 0 Å². The van der Waals surface area contributed by atoms with Gasteiger partial charge in [-0.15, -0.1) is 0 Å². The van der Waals surface area contributed by atoms with Crippen LogP contribution in [0, 0.1) is 11.8 Å². The average molecular weight is 276 g/mol. The van der Waals surface area contributed by atoms with Gasteiger partial charge in [0.15, 0.2) is 0 Å². The monoisotopic (exact) mass is 276 g/mol. The number of rotatable bonds is 4. The third kappa shape index (κ3) is 3.35. The Hall–Kier alpha value is -1.02. The lowest BCUT2D eigenvalue weighted by atomic mass is 9.79. The fourth-order valence-electron chi connectivity index (χ4n) is 3.35. The highest BCUT2D eigenvalue weighted by molar-refractivity contribution is 5.36. The minimum atomic E-state index is -0.348. The predicted octanol–water partition coefficient (Wildman–Crippen LogP) is 4.37. The van der Waals surface area contributed by atoms with Crippen molar-refractivity contribution in [1.29, 1.82) is 0 Å². The Labute approximate surface area is 123 Å². The van der Waals surface area contributed by atoms with Gasteiger partial charge in [0, 0.05) is 0 Å². The number of para-hydroxylation sites is 1. The Morgan fingerprint density at radius 2 is 1.95 bits per heavy atom. The van der Waals surface area contributed by atoms with Gasteiger partial charge in [0.1, 0.15) is 11.9 Å². The van der Waals surface area contributed by atoms with Crippen molar-refractivity contribution in [3.63, 3.8) is 0 Å². The molecule has 1 aliphatic rings. The highest BCUT2D eigenvalue weighted by Crippen LogP contribution is 2.35. The summed E-state index contributed by atoms with van der Waals surface area (Å²) in [6.07, 6.45) is 2.66. The highest BCUT2D eigenvalue weighted by Gasteiger charge is 2.34. The molecule has 5 unspecified atom stereocenters. The molecular formula is C18H28O2. The fraction of sp³-hybridized carbons (Fsp3) is 0.667. The summed E-state index contributed by atoms with van der Waals surface area (Å²) in [6, 6.07) is 8.27. The van der Waals surface area contributed by atoms with Gasteiger partial charge < -0.3 is 9.84 Å². The fourth-order valence-corrected chi connectivity index (χ4v) is 3.35. The summed E-state index contributed by atoms with van der Waals surface area (Å²) in [4.78, 5) is 0. The summed E-state index contributed by atoms with van der Waals surface area (Å²) in [5.74, 6) is 2.43. The Morgan fingerprint density at radius 1 is 1.25 bits per heavy atom. The summed E-state index contributed by atoms with van der Waals surface area (Å²) < 4.78 is 6.23. The van der Waals surface area contributed by atoms with E-state index in [1.54, 1.807) is 0 Å². The maximum Gasteiger partial charge on any atom is 0.127 e. The van der Waals surface area contributed by atoms with Gasteiger partial charge in [-0.3, -0.25) is 0 Å². The van der Waals surface area contributed by atoms with Gasteiger partial charge in [-0.05, 0) is 48.6 Å². The maximum absolute atomic E-state index is 10.3. The van der Waals surface area contributed by atoms with E-state index in [2.05, 4.69) is 39.8 Å². The van der Waals surface area contributed by atoms with Crippen molar-refractivity contribution >= 4 is 0 Å². The van der Waals surface area contributed by atoms with Crippen LogP contribution in [0.4, 0.5) is 0 Å². The molecule has 20 heavy (non-hydrogen) atoms. The van der Waals surface area contributed by atoms with Crippen molar-refractivity contribution in [2.45, 2.75) is 65.1 Å². The minimum absolute atomic E-state index is 0.0728. The zero-order chi connectivity index (χ0) is 14.7. The first-order valence-electron chi connectivity index (χ1n) is 7.96. The van der Waals surface area contributed by atoms with Crippen molar-refractivity contribution in [3.05, 3.63) is 29.8 Å². The van der Waals surface area contributed by atoms with Crippen molar-refractivity contribution < 1.29 is 9.84 Å². The topological polar surface area (TPSA) is 29.5 Å². The molecule has 2 rings (SSSR count). The van der Waals surface area contributed by atoms with Gasteiger partial charge in [0.2, 0.25) is 0 Å². The van der Waals surface area contributed by atoms with Gasteiger partial charge in [-0.2, -0.15) is 0 Å². The molecule has 1 saturated carbocycles. The van der Waals surface area contributed by atoms with Gasteiger partial charge >= 0.3 is 0 Å². The number of aliphatic hydroxyl groups excluding tert-OH is 1. The number of hydrogen-bond donors (Lipinski definition) is 1. The molecule has 1 aromatic carbocycles. The van der Waals surface area contributed by atoms with Crippen LogP contribution in [0.15, 0.2) is 24.3 Å².